The van der Waals surface area contributed by atoms with E-state index in [-0.39, 0.29) is 0 Å². The molecule has 7 heteroatoms. The molecule has 238 valence electrons. The number of nitrogens with zero attached hydrogens (tertiary/aromatic N) is 6. The standard InChI is InChI=1S/C44H26N6S/c1-2-12-27(13-3-1)42-46-43(48-44(47-42)50-34-18-8-4-14-28(34)29-15-5-9-19-35(29)50)32-17-6-10-20-36(32)49-37-24-25-45-26-33(37)40-38(49)23-22-31-30-16-7-11-21-39(30)51-41(31)40/h1-26H. The van der Waals surface area contributed by atoms with Crippen molar-refractivity contribution in [2.24, 2.45) is 0 Å². The van der Waals surface area contributed by atoms with E-state index in [4.69, 9.17) is 15.0 Å². The van der Waals surface area contributed by atoms with E-state index < -0.39 is 0 Å². The van der Waals surface area contributed by atoms with Gasteiger partial charge >= 0.3 is 0 Å². The van der Waals surface area contributed by atoms with Crippen LogP contribution in [0.25, 0.3) is 98.2 Å². The first-order valence-corrected chi connectivity index (χ1v) is 17.7. The molecule has 51 heavy (non-hydrogen) atoms. The van der Waals surface area contributed by atoms with Crippen molar-refractivity contribution in [2.75, 3.05) is 0 Å². The third-order valence-corrected chi connectivity index (χ3v) is 11.1. The van der Waals surface area contributed by atoms with E-state index in [1.165, 1.54) is 25.6 Å². The van der Waals surface area contributed by atoms with E-state index in [9.17, 15) is 0 Å². The quantitative estimate of drug-likeness (QED) is 0.187. The second-order valence-corrected chi connectivity index (χ2v) is 13.8. The number of rotatable bonds is 4. The zero-order valence-corrected chi connectivity index (χ0v) is 27.9. The predicted molar refractivity (Wildman–Crippen MR) is 210 cm³/mol. The van der Waals surface area contributed by atoms with Crippen molar-refractivity contribution in [1.82, 2.24) is 29.1 Å². The summed E-state index contributed by atoms with van der Waals surface area (Å²) in [6.07, 6.45) is 3.87. The topological polar surface area (TPSA) is 61.4 Å². The molecule has 11 rings (SSSR count). The maximum atomic E-state index is 5.30. The largest absolute Gasteiger partial charge is 0.308 e. The number of hydrogen-bond donors (Lipinski definition) is 0. The van der Waals surface area contributed by atoms with Crippen LogP contribution in [-0.2, 0) is 0 Å². The molecule has 0 saturated heterocycles. The van der Waals surface area contributed by atoms with Crippen LogP contribution in [-0.4, -0.2) is 29.1 Å². The molecule has 5 aromatic heterocycles. The molecule has 0 spiro atoms. The fourth-order valence-electron chi connectivity index (χ4n) is 7.69. The molecule has 0 aliphatic rings. The first kappa shape index (κ1) is 28.2. The Balaban J connectivity index is 1.22. The van der Waals surface area contributed by atoms with Crippen LogP contribution in [0.3, 0.4) is 0 Å². The Morgan fingerprint density at radius 1 is 0.451 bits per heavy atom. The monoisotopic (exact) mass is 670 g/mol. The van der Waals surface area contributed by atoms with Crippen LogP contribution in [0.1, 0.15) is 0 Å². The maximum absolute atomic E-state index is 5.30. The molecule has 6 aromatic carbocycles. The molecule has 0 amide bonds. The Bertz CT molecular complexity index is 3100. The summed E-state index contributed by atoms with van der Waals surface area (Å²) >= 11 is 1.84. The van der Waals surface area contributed by atoms with Gasteiger partial charge in [0.2, 0.25) is 5.95 Å². The van der Waals surface area contributed by atoms with Crippen molar-refractivity contribution in [3.8, 4) is 34.4 Å². The van der Waals surface area contributed by atoms with Gasteiger partial charge in [0, 0.05) is 65.2 Å². The lowest BCUT2D eigenvalue weighted by atomic mass is 10.1. The van der Waals surface area contributed by atoms with Crippen LogP contribution in [0.15, 0.2) is 158 Å². The Morgan fingerprint density at radius 2 is 1.12 bits per heavy atom. The normalized spacial score (nSPS) is 11.9. The third-order valence-electron chi connectivity index (χ3n) is 9.90. The van der Waals surface area contributed by atoms with Gasteiger partial charge in [0.1, 0.15) is 0 Å². The number of benzene rings is 6. The molecule has 5 heterocycles. The van der Waals surface area contributed by atoms with Crippen LogP contribution in [0.4, 0.5) is 0 Å². The summed E-state index contributed by atoms with van der Waals surface area (Å²) in [5.74, 6) is 1.79. The second-order valence-electron chi connectivity index (χ2n) is 12.7. The van der Waals surface area contributed by atoms with Crippen molar-refractivity contribution < 1.29 is 0 Å². The summed E-state index contributed by atoms with van der Waals surface area (Å²) < 4.78 is 7.05. The van der Waals surface area contributed by atoms with Crippen LogP contribution in [0, 0.1) is 0 Å². The van der Waals surface area contributed by atoms with Crippen LogP contribution in [0.5, 0.6) is 0 Å². The number of aromatic nitrogens is 6. The molecular formula is C44H26N6S. The van der Waals surface area contributed by atoms with Crippen molar-refractivity contribution in [3.63, 3.8) is 0 Å². The van der Waals surface area contributed by atoms with Gasteiger partial charge in [-0.05, 0) is 42.5 Å². The van der Waals surface area contributed by atoms with E-state index in [1.807, 2.05) is 41.9 Å². The lowest BCUT2D eigenvalue weighted by molar-refractivity contribution is 0.951. The summed E-state index contributed by atoms with van der Waals surface area (Å²) in [5.41, 5.74) is 7.11. The Morgan fingerprint density at radius 3 is 1.94 bits per heavy atom. The SMILES string of the molecule is c1ccc(-c2nc(-c3ccccc3-n3c4ccncc4c4c5sc6ccccc6c5ccc43)nc(-n3c4ccccc4c4ccccc43)n2)cc1. The van der Waals surface area contributed by atoms with E-state index in [0.29, 0.717) is 17.6 Å². The lowest BCUT2D eigenvalue weighted by Gasteiger charge is -2.15. The van der Waals surface area contributed by atoms with Crippen molar-refractivity contribution >= 4 is 75.1 Å². The lowest BCUT2D eigenvalue weighted by Crippen LogP contribution is -2.07. The average molecular weight is 671 g/mol. The third kappa shape index (κ3) is 4.16. The molecule has 0 bridgehead atoms. The van der Waals surface area contributed by atoms with Crippen LogP contribution < -0.4 is 0 Å². The van der Waals surface area contributed by atoms with Crippen molar-refractivity contribution in [3.05, 3.63) is 158 Å². The van der Waals surface area contributed by atoms with E-state index in [0.717, 1.165) is 55.0 Å². The molecule has 0 N–H and O–H groups in total. The first-order chi connectivity index (χ1) is 25.3. The van der Waals surface area contributed by atoms with Gasteiger partial charge in [-0.3, -0.25) is 9.55 Å². The van der Waals surface area contributed by atoms with Crippen molar-refractivity contribution in [2.45, 2.75) is 0 Å². The average Bonchev–Trinajstić information content (AvgIpc) is 3.86. The summed E-state index contributed by atoms with van der Waals surface area (Å²) in [5, 5.41) is 7.18. The van der Waals surface area contributed by atoms with Gasteiger partial charge in [0.15, 0.2) is 11.6 Å². The van der Waals surface area contributed by atoms with Crippen molar-refractivity contribution in [1.29, 1.82) is 0 Å². The van der Waals surface area contributed by atoms with Gasteiger partial charge in [-0.25, -0.2) is 4.98 Å². The van der Waals surface area contributed by atoms with E-state index in [2.05, 4.69) is 142 Å². The number of pyridine rings is 1. The molecule has 6 nitrogen and oxygen atoms in total. The van der Waals surface area contributed by atoms with Gasteiger partial charge in [0.05, 0.1) is 27.8 Å². The summed E-state index contributed by atoms with van der Waals surface area (Å²) in [7, 11) is 0. The Kier molecular flexibility index (Phi) is 6.02. The summed E-state index contributed by atoms with van der Waals surface area (Å²) in [6.45, 7) is 0. The second kappa shape index (κ2) is 10.9. The van der Waals surface area contributed by atoms with Gasteiger partial charge in [-0.1, -0.05) is 103 Å². The van der Waals surface area contributed by atoms with Gasteiger partial charge < -0.3 is 4.57 Å². The predicted octanol–water partition coefficient (Wildman–Crippen LogP) is 11.2. The summed E-state index contributed by atoms with van der Waals surface area (Å²) in [4.78, 5) is 20.2. The highest BCUT2D eigenvalue weighted by atomic mass is 32.1. The minimum absolute atomic E-state index is 0.574. The minimum atomic E-state index is 0.574. The molecule has 0 unspecified atom stereocenters. The number of thiophene rings is 1. The fraction of sp³-hybridized carbons (Fsp3) is 0. The Hall–Kier alpha value is -6.70. The molecule has 0 aliphatic heterocycles. The highest BCUT2D eigenvalue weighted by Gasteiger charge is 2.22. The highest BCUT2D eigenvalue weighted by Crippen LogP contribution is 2.44. The maximum Gasteiger partial charge on any atom is 0.238 e. The number of hydrogen-bond acceptors (Lipinski definition) is 5. The van der Waals surface area contributed by atoms with E-state index in [1.54, 1.807) is 0 Å². The highest BCUT2D eigenvalue weighted by molar-refractivity contribution is 7.26. The number of fused-ring (bicyclic) bond motifs is 10. The number of para-hydroxylation sites is 3. The molecule has 0 radical (unpaired) electrons. The first-order valence-electron chi connectivity index (χ1n) is 16.9. The molecular weight excluding hydrogens is 645 g/mol. The summed E-state index contributed by atoms with van der Waals surface area (Å²) in [6, 6.07) is 50.7. The zero-order valence-electron chi connectivity index (χ0n) is 27.1. The smallest absolute Gasteiger partial charge is 0.238 e. The molecule has 0 aliphatic carbocycles. The fourth-order valence-corrected chi connectivity index (χ4v) is 8.95. The van der Waals surface area contributed by atoms with Crippen LogP contribution in [0.2, 0.25) is 0 Å². The zero-order chi connectivity index (χ0) is 33.5. The molecule has 0 fully saturated rings. The van der Waals surface area contributed by atoms with Crippen LogP contribution >= 0.6 is 11.3 Å². The van der Waals surface area contributed by atoms with Gasteiger partial charge in [0.25, 0.3) is 0 Å². The molecule has 0 saturated carbocycles. The minimum Gasteiger partial charge on any atom is -0.308 e. The molecule has 11 aromatic rings. The van der Waals surface area contributed by atoms with Gasteiger partial charge in [-0.15, -0.1) is 11.3 Å². The van der Waals surface area contributed by atoms with E-state index >= 15 is 0 Å². The Labute approximate surface area is 295 Å². The molecule has 0 atom stereocenters. The van der Waals surface area contributed by atoms with Gasteiger partial charge in [-0.2, -0.15) is 9.97 Å².